The van der Waals surface area contributed by atoms with Crippen molar-refractivity contribution in [3.63, 3.8) is 0 Å². The lowest BCUT2D eigenvalue weighted by Crippen LogP contribution is -2.41. The maximum absolute atomic E-state index is 13.7. The Balaban J connectivity index is 1.76. The fourth-order valence-corrected chi connectivity index (χ4v) is 2.52. The highest BCUT2D eigenvalue weighted by Gasteiger charge is 2.26. The van der Waals surface area contributed by atoms with Gasteiger partial charge in [-0.05, 0) is 40.2 Å². The zero-order chi connectivity index (χ0) is 14.8. The standard InChI is InChI=1S/C15H12BrFN2O2/c16-9-4-3-5-10(17)14(9)19-15(20)13-8-18-11-6-1-2-7-12(11)21-13/h1-7,13,18H,8H2,(H,19,20). The van der Waals surface area contributed by atoms with E-state index in [4.69, 9.17) is 4.74 Å². The number of ether oxygens (including phenoxy) is 1. The molecule has 0 spiro atoms. The van der Waals surface area contributed by atoms with Crippen molar-refractivity contribution in [2.45, 2.75) is 6.10 Å². The van der Waals surface area contributed by atoms with Gasteiger partial charge in [-0.1, -0.05) is 18.2 Å². The Labute approximate surface area is 129 Å². The minimum Gasteiger partial charge on any atom is -0.477 e. The number of halogens is 2. The third-order valence-electron chi connectivity index (χ3n) is 3.14. The number of benzene rings is 2. The van der Waals surface area contributed by atoms with Gasteiger partial charge in [0, 0.05) is 4.47 Å². The topological polar surface area (TPSA) is 50.4 Å². The van der Waals surface area contributed by atoms with E-state index in [-0.39, 0.29) is 5.69 Å². The molecule has 4 nitrogen and oxygen atoms in total. The van der Waals surface area contributed by atoms with Gasteiger partial charge in [0.05, 0.1) is 17.9 Å². The summed E-state index contributed by atoms with van der Waals surface area (Å²) in [6.45, 7) is 0.328. The Bertz CT molecular complexity index is 673. The van der Waals surface area contributed by atoms with Crippen LogP contribution in [0.3, 0.4) is 0 Å². The second-order valence-corrected chi connectivity index (χ2v) is 5.42. The molecule has 0 saturated heterocycles. The molecule has 108 valence electrons. The first-order chi connectivity index (χ1) is 10.1. The molecule has 0 bridgehead atoms. The largest absolute Gasteiger partial charge is 0.477 e. The van der Waals surface area contributed by atoms with E-state index >= 15 is 0 Å². The lowest BCUT2D eigenvalue weighted by Gasteiger charge is -2.26. The molecule has 1 heterocycles. The van der Waals surface area contributed by atoms with Crippen LogP contribution in [0.5, 0.6) is 5.75 Å². The Morgan fingerprint density at radius 1 is 1.29 bits per heavy atom. The van der Waals surface area contributed by atoms with Crippen LogP contribution in [0.1, 0.15) is 0 Å². The van der Waals surface area contributed by atoms with E-state index in [0.29, 0.717) is 16.8 Å². The van der Waals surface area contributed by atoms with Crippen molar-refractivity contribution < 1.29 is 13.9 Å². The molecule has 21 heavy (non-hydrogen) atoms. The zero-order valence-corrected chi connectivity index (χ0v) is 12.5. The van der Waals surface area contributed by atoms with Crippen LogP contribution in [0, 0.1) is 5.82 Å². The summed E-state index contributed by atoms with van der Waals surface area (Å²) < 4.78 is 19.8. The second kappa shape index (κ2) is 5.73. The van der Waals surface area contributed by atoms with Crippen LogP contribution in [0.4, 0.5) is 15.8 Å². The van der Waals surface area contributed by atoms with Crippen molar-refractivity contribution in [2.75, 3.05) is 17.2 Å². The second-order valence-electron chi connectivity index (χ2n) is 4.57. The molecule has 0 fully saturated rings. The molecule has 2 aromatic rings. The van der Waals surface area contributed by atoms with Crippen LogP contribution in [0.25, 0.3) is 0 Å². The molecule has 0 aromatic heterocycles. The zero-order valence-electron chi connectivity index (χ0n) is 10.9. The summed E-state index contributed by atoms with van der Waals surface area (Å²) in [6, 6.07) is 11.9. The maximum atomic E-state index is 13.7. The quantitative estimate of drug-likeness (QED) is 0.872. The SMILES string of the molecule is O=C(Nc1c(F)cccc1Br)C1CNc2ccccc2O1. The van der Waals surface area contributed by atoms with Gasteiger partial charge >= 0.3 is 0 Å². The van der Waals surface area contributed by atoms with E-state index in [1.165, 1.54) is 6.07 Å². The maximum Gasteiger partial charge on any atom is 0.267 e. The molecule has 1 amide bonds. The first-order valence-electron chi connectivity index (χ1n) is 6.39. The number of carbonyl (C=O) groups excluding carboxylic acids is 1. The molecule has 1 atom stereocenters. The average Bonchev–Trinajstić information content (AvgIpc) is 2.50. The number of nitrogens with one attached hydrogen (secondary N) is 2. The third kappa shape index (κ3) is 2.85. The van der Waals surface area contributed by atoms with Crippen LogP contribution in [0.15, 0.2) is 46.9 Å². The summed E-state index contributed by atoms with van der Waals surface area (Å²) in [6.07, 6.45) is -0.716. The summed E-state index contributed by atoms with van der Waals surface area (Å²) in [5.41, 5.74) is 0.957. The first-order valence-corrected chi connectivity index (χ1v) is 7.19. The van der Waals surface area contributed by atoms with Gasteiger partial charge in [-0.3, -0.25) is 4.79 Å². The molecule has 1 aliphatic rings. The lowest BCUT2D eigenvalue weighted by atomic mass is 10.2. The monoisotopic (exact) mass is 350 g/mol. The molecule has 0 saturated carbocycles. The summed E-state index contributed by atoms with van der Waals surface area (Å²) in [7, 11) is 0. The summed E-state index contributed by atoms with van der Waals surface area (Å²) in [4.78, 5) is 12.2. The van der Waals surface area contributed by atoms with Crippen molar-refractivity contribution >= 4 is 33.2 Å². The first kappa shape index (κ1) is 13.9. The average molecular weight is 351 g/mol. The van der Waals surface area contributed by atoms with Crippen LogP contribution in [-0.2, 0) is 4.79 Å². The van der Waals surface area contributed by atoms with E-state index < -0.39 is 17.8 Å². The number of hydrogen-bond acceptors (Lipinski definition) is 3. The highest BCUT2D eigenvalue weighted by Crippen LogP contribution is 2.29. The van der Waals surface area contributed by atoms with E-state index in [2.05, 4.69) is 26.6 Å². The lowest BCUT2D eigenvalue weighted by molar-refractivity contribution is -0.122. The van der Waals surface area contributed by atoms with Crippen molar-refractivity contribution in [3.8, 4) is 5.75 Å². The fourth-order valence-electron chi connectivity index (χ4n) is 2.08. The Kier molecular flexibility index (Phi) is 3.79. The summed E-state index contributed by atoms with van der Waals surface area (Å²) in [5.74, 6) is -0.291. The molecule has 1 unspecified atom stereocenters. The molecule has 6 heteroatoms. The van der Waals surface area contributed by atoms with Crippen molar-refractivity contribution in [1.29, 1.82) is 0 Å². The minimum absolute atomic E-state index is 0.116. The number of fused-ring (bicyclic) bond motifs is 1. The highest BCUT2D eigenvalue weighted by atomic mass is 79.9. The number of carbonyl (C=O) groups is 1. The van der Waals surface area contributed by atoms with Crippen LogP contribution in [-0.4, -0.2) is 18.6 Å². The Hall–Kier alpha value is -2.08. The number of amides is 1. The van der Waals surface area contributed by atoms with Crippen molar-refractivity contribution in [2.24, 2.45) is 0 Å². The smallest absolute Gasteiger partial charge is 0.267 e. The molecular weight excluding hydrogens is 339 g/mol. The van der Waals surface area contributed by atoms with E-state index in [1.807, 2.05) is 18.2 Å². The summed E-state index contributed by atoms with van der Waals surface area (Å²) >= 11 is 3.21. The molecule has 3 rings (SSSR count). The van der Waals surface area contributed by atoms with Crippen LogP contribution in [0.2, 0.25) is 0 Å². The van der Waals surface area contributed by atoms with Crippen LogP contribution < -0.4 is 15.4 Å². The molecule has 1 aliphatic heterocycles. The molecule has 0 aliphatic carbocycles. The fraction of sp³-hybridized carbons (Fsp3) is 0.133. The van der Waals surface area contributed by atoms with Crippen LogP contribution >= 0.6 is 15.9 Å². The number of para-hydroxylation sites is 3. The van der Waals surface area contributed by atoms with Gasteiger partial charge in [-0.15, -0.1) is 0 Å². The molecule has 2 aromatic carbocycles. The van der Waals surface area contributed by atoms with E-state index in [1.54, 1.807) is 18.2 Å². The van der Waals surface area contributed by atoms with Crippen molar-refractivity contribution in [3.05, 3.63) is 52.8 Å². The molecule has 0 radical (unpaired) electrons. The summed E-state index contributed by atoms with van der Waals surface area (Å²) in [5, 5.41) is 5.67. The van der Waals surface area contributed by atoms with Crippen molar-refractivity contribution in [1.82, 2.24) is 0 Å². The van der Waals surface area contributed by atoms with E-state index in [0.717, 1.165) is 5.69 Å². The third-order valence-corrected chi connectivity index (χ3v) is 3.80. The number of hydrogen-bond donors (Lipinski definition) is 2. The Morgan fingerprint density at radius 3 is 2.90 bits per heavy atom. The highest BCUT2D eigenvalue weighted by molar-refractivity contribution is 9.10. The predicted octanol–water partition coefficient (Wildman–Crippen LogP) is 3.40. The molecule has 2 N–H and O–H groups in total. The Morgan fingerprint density at radius 2 is 2.10 bits per heavy atom. The number of rotatable bonds is 2. The van der Waals surface area contributed by atoms with Gasteiger partial charge in [0.1, 0.15) is 11.6 Å². The normalized spacial score (nSPS) is 16.4. The van der Waals surface area contributed by atoms with Gasteiger partial charge in [-0.2, -0.15) is 0 Å². The van der Waals surface area contributed by atoms with E-state index in [9.17, 15) is 9.18 Å². The van der Waals surface area contributed by atoms with Gasteiger partial charge in [0.25, 0.3) is 5.91 Å². The number of anilines is 2. The van der Waals surface area contributed by atoms with Gasteiger partial charge in [-0.25, -0.2) is 4.39 Å². The molecular formula is C15H12BrFN2O2. The van der Waals surface area contributed by atoms with Gasteiger partial charge in [0.2, 0.25) is 0 Å². The minimum atomic E-state index is -0.716. The predicted molar refractivity (Wildman–Crippen MR) is 82.1 cm³/mol. The van der Waals surface area contributed by atoms with Gasteiger partial charge < -0.3 is 15.4 Å². The van der Waals surface area contributed by atoms with Gasteiger partial charge in [0.15, 0.2) is 6.10 Å².